The van der Waals surface area contributed by atoms with Crippen LogP contribution in [-0.2, 0) is 17.6 Å². The molecular weight excluding hydrogens is 546 g/mol. The quantitative estimate of drug-likeness (QED) is 0.300. The lowest BCUT2D eigenvalue weighted by molar-refractivity contribution is -0.234. The minimum atomic E-state index is 0.0361. The number of halogens is 1. The molecule has 2 fully saturated rings. The monoisotopic (exact) mass is 589 g/mol. The molecule has 2 aromatic rings. The van der Waals surface area contributed by atoms with Gasteiger partial charge in [-0.3, -0.25) is 4.90 Å². The van der Waals surface area contributed by atoms with Crippen LogP contribution in [0.2, 0.25) is 0 Å². The zero-order valence-electron chi connectivity index (χ0n) is 24.0. The van der Waals surface area contributed by atoms with E-state index in [2.05, 4.69) is 59.8 Å². The Kier molecular flexibility index (Phi) is 9.53. The van der Waals surface area contributed by atoms with E-state index in [0.717, 1.165) is 59.7 Å². The van der Waals surface area contributed by atoms with E-state index < -0.39 is 0 Å². The van der Waals surface area contributed by atoms with Gasteiger partial charge in [0.05, 0.1) is 34.5 Å². The van der Waals surface area contributed by atoms with Gasteiger partial charge in [-0.2, -0.15) is 0 Å². The zero-order chi connectivity index (χ0) is 27.4. The van der Waals surface area contributed by atoms with Crippen molar-refractivity contribution in [1.82, 2.24) is 4.90 Å². The van der Waals surface area contributed by atoms with E-state index in [4.69, 9.17) is 23.7 Å². The maximum atomic E-state index is 6.95. The summed E-state index contributed by atoms with van der Waals surface area (Å²) >= 11 is 3.76. The van der Waals surface area contributed by atoms with Crippen LogP contribution in [0.5, 0.6) is 23.0 Å². The molecule has 2 aromatic carbocycles. The Bertz CT molecular complexity index is 1090. The Morgan fingerprint density at radius 1 is 0.895 bits per heavy atom. The highest BCUT2D eigenvalue weighted by atomic mass is 79.9. The molecule has 6 nitrogen and oxygen atoms in total. The molecule has 2 aliphatic rings. The standard InChI is InChI=1S/C31H44BrNO5/c1-20-8-11-23-26(16-20)38-30(13-10-21-9-12-25(34-4)27(17-21)35-5)33(31(23,2)3)15-14-22-18-28(36-6)29(37-7)19-24(22)32/h9,12,17-20,23,26,30H,8,10-11,13-16H2,1-7H3/t20-,23-,26-,30+/m0/s1. The first kappa shape index (κ1) is 29.0. The van der Waals surface area contributed by atoms with Gasteiger partial charge in [-0.15, -0.1) is 0 Å². The van der Waals surface area contributed by atoms with E-state index in [0.29, 0.717) is 17.9 Å². The van der Waals surface area contributed by atoms with E-state index in [1.54, 1.807) is 28.4 Å². The van der Waals surface area contributed by atoms with E-state index >= 15 is 0 Å². The first-order valence-corrected chi connectivity index (χ1v) is 14.5. The average molecular weight is 591 g/mol. The predicted octanol–water partition coefficient (Wildman–Crippen LogP) is 6.90. The summed E-state index contributed by atoms with van der Waals surface area (Å²) in [6.45, 7) is 8.12. The van der Waals surface area contributed by atoms with Crippen molar-refractivity contribution in [2.45, 2.75) is 77.2 Å². The molecule has 1 aliphatic carbocycles. The highest BCUT2D eigenvalue weighted by molar-refractivity contribution is 9.10. The predicted molar refractivity (Wildman–Crippen MR) is 155 cm³/mol. The Hall–Kier alpha value is -1.96. The minimum absolute atomic E-state index is 0.0361. The van der Waals surface area contributed by atoms with Crippen LogP contribution in [0.4, 0.5) is 0 Å². The van der Waals surface area contributed by atoms with Gasteiger partial charge in [0.25, 0.3) is 0 Å². The Morgan fingerprint density at radius 3 is 2.24 bits per heavy atom. The molecule has 0 spiro atoms. The van der Waals surface area contributed by atoms with Gasteiger partial charge in [-0.05, 0) is 87.3 Å². The molecule has 4 rings (SSSR count). The smallest absolute Gasteiger partial charge is 0.161 e. The van der Waals surface area contributed by atoms with Gasteiger partial charge in [0.2, 0.25) is 0 Å². The van der Waals surface area contributed by atoms with Gasteiger partial charge >= 0.3 is 0 Å². The lowest BCUT2D eigenvalue weighted by Gasteiger charge is -2.57. The molecule has 0 bridgehead atoms. The normalized spacial score (nSPS) is 24.9. The number of methoxy groups -OCH3 is 4. The van der Waals surface area contributed by atoms with Crippen LogP contribution in [0.25, 0.3) is 0 Å². The lowest BCUT2D eigenvalue weighted by Crippen LogP contribution is -2.65. The molecule has 7 heteroatoms. The fourth-order valence-corrected chi connectivity index (χ4v) is 6.98. The maximum absolute atomic E-state index is 6.95. The highest BCUT2D eigenvalue weighted by Crippen LogP contribution is 2.46. The van der Waals surface area contributed by atoms with Crippen molar-refractivity contribution >= 4 is 15.9 Å². The fraction of sp³-hybridized carbons (Fsp3) is 0.613. The summed E-state index contributed by atoms with van der Waals surface area (Å²) in [5, 5.41) is 0. The molecule has 210 valence electrons. The summed E-state index contributed by atoms with van der Waals surface area (Å²) in [5.41, 5.74) is 2.47. The van der Waals surface area contributed by atoms with E-state index in [-0.39, 0.29) is 11.8 Å². The Labute approximate surface area is 237 Å². The zero-order valence-corrected chi connectivity index (χ0v) is 25.6. The number of benzene rings is 2. The fourth-order valence-electron chi connectivity index (χ4n) is 6.46. The minimum Gasteiger partial charge on any atom is -0.493 e. The van der Waals surface area contributed by atoms with Crippen molar-refractivity contribution in [3.63, 3.8) is 0 Å². The molecular formula is C31H44BrNO5. The van der Waals surface area contributed by atoms with Gasteiger partial charge in [0, 0.05) is 22.5 Å². The summed E-state index contributed by atoms with van der Waals surface area (Å²) in [6, 6.07) is 10.3. The highest BCUT2D eigenvalue weighted by Gasteiger charge is 2.50. The molecule has 1 saturated heterocycles. The van der Waals surface area contributed by atoms with Crippen LogP contribution >= 0.6 is 15.9 Å². The van der Waals surface area contributed by atoms with Gasteiger partial charge in [-0.1, -0.05) is 35.3 Å². The summed E-state index contributed by atoms with van der Waals surface area (Å²) in [5.74, 6) is 4.26. The molecule has 0 aromatic heterocycles. The molecule has 1 heterocycles. The molecule has 0 amide bonds. The maximum Gasteiger partial charge on any atom is 0.161 e. The van der Waals surface area contributed by atoms with Crippen LogP contribution in [0, 0.1) is 11.8 Å². The molecule has 38 heavy (non-hydrogen) atoms. The molecule has 0 unspecified atom stereocenters. The number of nitrogens with zero attached hydrogens (tertiary/aromatic N) is 1. The Balaban J connectivity index is 1.57. The first-order valence-electron chi connectivity index (χ1n) is 13.7. The van der Waals surface area contributed by atoms with E-state index in [1.165, 1.54) is 24.0 Å². The third kappa shape index (κ3) is 6.10. The van der Waals surface area contributed by atoms with Crippen molar-refractivity contribution < 1.29 is 23.7 Å². The van der Waals surface area contributed by atoms with Gasteiger partial charge in [0.15, 0.2) is 23.0 Å². The van der Waals surface area contributed by atoms with Crippen molar-refractivity contribution in [2.75, 3.05) is 35.0 Å². The lowest BCUT2D eigenvalue weighted by atomic mass is 9.69. The summed E-state index contributed by atoms with van der Waals surface area (Å²) in [4.78, 5) is 2.62. The van der Waals surface area contributed by atoms with Crippen molar-refractivity contribution in [3.8, 4) is 23.0 Å². The first-order chi connectivity index (χ1) is 18.2. The summed E-state index contributed by atoms with van der Waals surface area (Å²) in [6.07, 6.45) is 6.72. The van der Waals surface area contributed by atoms with Crippen LogP contribution in [0.1, 0.15) is 57.6 Å². The number of fused-ring (bicyclic) bond motifs is 1. The summed E-state index contributed by atoms with van der Waals surface area (Å²) < 4.78 is 30.0. The number of rotatable bonds is 10. The molecule has 1 aliphatic heterocycles. The van der Waals surface area contributed by atoms with Crippen molar-refractivity contribution in [3.05, 3.63) is 45.9 Å². The SMILES string of the molecule is COc1ccc(CC[C@H]2O[C@H]3C[C@@H](C)CC[C@@H]3C(C)(C)N2CCc2cc(OC)c(OC)cc2Br)cc1OC. The molecule has 0 radical (unpaired) electrons. The number of hydrogen-bond donors (Lipinski definition) is 0. The van der Waals surface area contributed by atoms with Crippen LogP contribution in [0.3, 0.4) is 0 Å². The van der Waals surface area contributed by atoms with Gasteiger partial charge in [0.1, 0.15) is 6.23 Å². The topological polar surface area (TPSA) is 49.4 Å². The number of hydrogen-bond acceptors (Lipinski definition) is 6. The van der Waals surface area contributed by atoms with Crippen LogP contribution in [-0.4, -0.2) is 57.8 Å². The van der Waals surface area contributed by atoms with Gasteiger partial charge in [-0.25, -0.2) is 0 Å². The largest absolute Gasteiger partial charge is 0.493 e. The molecule has 0 N–H and O–H groups in total. The molecule has 4 atom stereocenters. The van der Waals surface area contributed by atoms with Crippen LogP contribution in [0.15, 0.2) is 34.8 Å². The second-order valence-corrected chi connectivity index (χ2v) is 12.1. The van der Waals surface area contributed by atoms with E-state index in [1.807, 2.05) is 12.1 Å². The number of aryl methyl sites for hydroxylation is 1. The third-order valence-corrected chi connectivity index (χ3v) is 9.42. The summed E-state index contributed by atoms with van der Waals surface area (Å²) in [7, 11) is 6.71. The Morgan fingerprint density at radius 2 is 1.55 bits per heavy atom. The molecule has 1 saturated carbocycles. The number of ether oxygens (including phenoxy) is 5. The van der Waals surface area contributed by atoms with E-state index in [9.17, 15) is 0 Å². The van der Waals surface area contributed by atoms with Crippen LogP contribution < -0.4 is 18.9 Å². The second kappa shape index (κ2) is 12.5. The van der Waals surface area contributed by atoms with Crippen molar-refractivity contribution in [1.29, 1.82) is 0 Å². The second-order valence-electron chi connectivity index (χ2n) is 11.3. The third-order valence-electron chi connectivity index (χ3n) is 8.68. The van der Waals surface area contributed by atoms with Crippen molar-refractivity contribution in [2.24, 2.45) is 11.8 Å². The average Bonchev–Trinajstić information content (AvgIpc) is 2.91. The van der Waals surface area contributed by atoms with Gasteiger partial charge < -0.3 is 23.7 Å².